The number of ether oxygens (including phenoxy) is 1. The van der Waals surface area contributed by atoms with Gasteiger partial charge in [0.15, 0.2) is 0 Å². The fourth-order valence-corrected chi connectivity index (χ4v) is 2.06. The first-order valence-corrected chi connectivity index (χ1v) is 6.05. The van der Waals surface area contributed by atoms with Gasteiger partial charge in [-0.15, -0.1) is 0 Å². The quantitative estimate of drug-likeness (QED) is 0.798. The zero-order valence-corrected chi connectivity index (χ0v) is 10.4. The van der Waals surface area contributed by atoms with Crippen LogP contribution in [0.25, 0.3) is 10.9 Å². The van der Waals surface area contributed by atoms with Crippen LogP contribution in [-0.4, -0.2) is 22.8 Å². The lowest BCUT2D eigenvalue weighted by atomic mass is 10.2. The summed E-state index contributed by atoms with van der Waals surface area (Å²) in [6.07, 6.45) is 3.87. The van der Waals surface area contributed by atoms with Gasteiger partial charge < -0.3 is 14.4 Å². The van der Waals surface area contributed by atoms with E-state index in [1.807, 2.05) is 24.4 Å². The molecule has 0 atom stereocenters. The number of hydrogen-bond donors (Lipinski definition) is 1. The van der Waals surface area contributed by atoms with E-state index in [0.29, 0.717) is 6.42 Å². The molecule has 0 aliphatic heterocycles. The summed E-state index contributed by atoms with van der Waals surface area (Å²) in [5.41, 5.74) is 1.16. The van der Waals surface area contributed by atoms with Gasteiger partial charge in [0.25, 0.3) is 0 Å². The third kappa shape index (κ3) is 2.83. The number of benzene rings is 1. The van der Waals surface area contributed by atoms with Crippen LogP contribution in [0.2, 0.25) is 0 Å². The van der Waals surface area contributed by atoms with E-state index in [1.54, 1.807) is 7.11 Å². The summed E-state index contributed by atoms with van der Waals surface area (Å²) in [4.78, 5) is 10.4. The number of nitrogens with zero attached hydrogens (tertiary/aromatic N) is 1. The monoisotopic (exact) mass is 247 g/mol. The number of carbonyl (C=O) groups is 1. The van der Waals surface area contributed by atoms with Gasteiger partial charge in [0.2, 0.25) is 0 Å². The minimum atomic E-state index is -0.725. The lowest BCUT2D eigenvalue weighted by molar-refractivity contribution is -0.137. The van der Waals surface area contributed by atoms with Crippen LogP contribution < -0.4 is 4.74 Å². The van der Waals surface area contributed by atoms with Crippen molar-refractivity contribution >= 4 is 16.9 Å². The van der Waals surface area contributed by atoms with Gasteiger partial charge in [-0.05, 0) is 37.1 Å². The Kier molecular flexibility index (Phi) is 3.87. The minimum Gasteiger partial charge on any atom is -0.497 e. The summed E-state index contributed by atoms with van der Waals surface area (Å²) in [5.74, 6) is 0.128. The Labute approximate surface area is 106 Å². The second kappa shape index (κ2) is 5.58. The number of aromatic nitrogens is 1. The second-order valence-corrected chi connectivity index (χ2v) is 4.28. The fourth-order valence-electron chi connectivity index (χ4n) is 2.06. The van der Waals surface area contributed by atoms with Crippen LogP contribution in [-0.2, 0) is 11.3 Å². The molecule has 0 bridgehead atoms. The van der Waals surface area contributed by atoms with Crippen LogP contribution in [0.15, 0.2) is 30.5 Å². The van der Waals surface area contributed by atoms with Crippen molar-refractivity contribution in [1.82, 2.24) is 4.57 Å². The van der Waals surface area contributed by atoms with Gasteiger partial charge in [0, 0.05) is 30.1 Å². The maximum atomic E-state index is 10.4. The predicted octanol–water partition coefficient (Wildman–Crippen LogP) is 2.90. The van der Waals surface area contributed by atoms with Gasteiger partial charge in [-0.2, -0.15) is 0 Å². The van der Waals surface area contributed by atoms with Crippen molar-refractivity contribution in [2.45, 2.75) is 25.8 Å². The Bertz CT molecular complexity index is 545. The first-order chi connectivity index (χ1) is 8.70. The highest BCUT2D eigenvalue weighted by Crippen LogP contribution is 2.22. The topological polar surface area (TPSA) is 51.5 Å². The van der Waals surface area contributed by atoms with Gasteiger partial charge >= 0.3 is 5.97 Å². The Morgan fingerprint density at radius 2 is 2.17 bits per heavy atom. The number of carboxylic acids is 1. The maximum absolute atomic E-state index is 10.4. The van der Waals surface area contributed by atoms with Crippen LogP contribution >= 0.6 is 0 Å². The number of aryl methyl sites for hydroxylation is 1. The van der Waals surface area contributed by atoms with E-state index in [1.165, 1.54) is 0 Å². The summed E-state index contributed by atoms with van der Waals surface area (Å²) in [6.45, 7) is 0.850. The molecule has 2 aromatic rings. The molecule has 0 aliphatic carbocycles. The molecule has 4 heteroatoms. The summed E-state index contributed by atoms with van der Waals surface area (Å²) in [5, 5.41) is 9.73. The van der Waals surface area contributed by atoms with E-state index in [2.05, 4.69) is 10.6 Å². The first kappa shape index (κ1) is 12.5. The van der Waals surface area contributed by atoms with E-state index < -0.39 is 5.97 Å². The summed E-state index contributed by atoms with van der Waals surface area (Å²) in [7, 11) is 1.66. The molecular formula is C14H17NO3. The van der Waals surface area contributed by atoms with Gasteiger partial charge in [-0.25, -0.2) is 0 Å². The van der Waals surface area contributed by atoms with E-state index in [-0.39, 0.29) is 6.42 Å². The van der Waals surface area contributed by atoms with Crippen LogP contribution in [0.3, 0.4) is 0 Å². The van der Waals surface area contributed by atoms with Gasteiger partial charge in [0.05, 0.1) is 7.11 Å². The highest BCUT2D eigenvalue weighted by molar-refractivity contribution is 5.81. The molecule has 0 saturated carbocycles. The fraction of sp³-hybridized carbons (Fsp3) is 0.357. The zero-order chi connectivity index (χ0) is 13.0. The van der Waals surface area contributed by atoms with Crippen LogP contribution in [0.5, 0.6) is 5.75 Å². The number of hydrogen-bond acceptors (Lipinski definition) is 2. The van der Waals surface area contributed by atoms with Crippen LogP contribution in [0, 0.1) is 0 Å². The Balaban J connectivity index is 2.03. The second-order valence-electron chi connectivity index (χ2n) is 4.28. The standard InChI is InChI=1S/C14H17NO3/c1-18-12-5-6-13-11(10-12)7-9-15(13)8-3-2-4-14(16)17/h5-7,9-10H,2-4,8H2,1H3,(H,16,17). The van der Waals surface area contributed by atoms with Gasteiger partial charge in [-0.3, -0.25) is 4.79 Å². The third-order valence-electron chi connectivity index (χ3n) is 3.02. The molecule has 18 heavy (non-hydrogen) atoms. The van der Waals surface area contributed by atoms with E-state index in [4.69, 9.17) is 9.84 Å². The number of fused-ring (bicyclic) bond motifs is 1. The maximum Gasteiger partial charge on any atom is 0.303 e. The summed E-state index contributed by atoms with van der Waals surface area (Å²) < 4.78 is 7.33. The smallest absolute Gasteiger partial charge is 0.303 e. The molecule has 0 spiro atoms. The largest absolute Gasteiger partial charge is 0.497 e. The molecule has 1 heterocycles. The average Bonchev–Trinajstić information content (AvgIpc) is 2.76. The molecule has 0 radical (unpaired) electrons. The molecule has 1 aromatic carbocycles. The van der Waals surface area contributed by atoms with E-state index in [0.717, 1.165) is 29.6 Å². The lowest BCUT2D eigenvalue weighted by Gasteiger charge is -2.05. The van der Waals surface area contributed by atoms with Crippen molar-refractivity contribution in [3.8, 4) is 5.75 Å². The van der Waals surface area contributed by atoms with Crippen molar-refractivity contribution in [1.29, 1.82) is 0 Å². The zero-order valence-electron chi connectivity index (χ0n) is 10.4. The molecule has 4 nitrogen and oxygen atoms in total. The molecule has 0 unspecified atom stereocenters. The van der Waals surface area contributed by atoms with Crippen molar-refractivity contribution < 1.29 is 14.6 Å². The lowest BCUT2D eigenvalue weighted by Crippen LogP contribution is -1.99. The Morgan fingerprint density at radius 3 is 2.89 bits per heavy atom. The molecule has 2 rings (SSSR count). The van der Waals surface area contributed by atoms with Gasteiger partial charge in [-0.1, -0.05) is 0 Å². The molecule has 0 aliphatic rings. The third-order valence-corrected chi connectivity index (χ3v) is 3.02. The molecular weight excluding hydrogens is 230 g/mol. The summed E-state index contributed by atoms with van der Waals surface area (Å²) in [6, 6.07) is 8.03. The van der Waals surface area contributed by atoms with Crippen molar-refractivity contribution in [3.63, 3.8) is 0 Å². The number of aliphatic carboxylic acids is 1. The molecule has 0 saturated heterocycles. The average molecular weight is 247 g/mol. The first-order valence-electron chi connectivity index (χ1n) is 6.05. The normalized spacial score (nSPS) is 10.7. The van der Waals surface area contributed by atoms with Crippen LogP contribution in [0.4, 0.5) is 0 Å². The molecule has 1 aromatic heterocycles. The SMILES string of the molecule is COc1ccc2c(ccn2CCCCC(=O)O)c1. The Morgan fingerprint density at radius 1 is 1.33 bits per heavy atom. The van der Waals surface area contributed by atoms with Crippen molar-refractivity contribution in [2.75, 3.05) is 7.11 Å². The Hall–Kier alpha value is -1.97. The molecule has 0 fully saturated rings. The predicted molar refractivity (Wildman–Crippen MR) is 70.0 cm³/mol. The van der Waals surface area contributed by atoms with E-state index >= 15 is 0 Å². The number of carboxylic acid groups (broad SMARTS) is 1. The van der Waals surface area contributed by atoms with Crippen molar-refractivity contribution in [3.05, 3.63) is 30.5 Å². The number of methoxy groups -OCH3 is 1. The highest BCUT2D eigenvalue weighted by atomic mass is 16.5. The number of unbranched alkanes of at least 4 members (excludes halogenated alkanes) is 1. The molecule has 0 amide bonds. The molecule has 1 N–H and O–H groups in total. The summed E-state index contributed by atoms with van der Waals surface area (Å²) >= 11 is 0. The minimum absolute atomic E-state index is 0.243. The highest BCUT2D eigenvalue weighted by Gasteiger charge is 2.03. The van der Waals surface area contributed by atoms with Crippen LogP contribution in [0.1, 0.15) is 19.3 Å². The molecule has 96 valence electrons. The number of rotatable bonds is 6. The van der Waals surface area contributed by atoms with E-state index in [9.17, 15) is 4.79 Å². The van der Waals surface area contributed by atoms with Gasteiger partial charge in [0.1, 0.15) is 5.75 Å². The van der Waals surface area contributed by atoms with Crippen molar-refractivity contribution in [2.24, 2.45) is 0 Å².